The first kappa shape index (κ1) is 12.9. The molecule has 2 aromatic rings. The number of rotatable bonds is 7. The third-order valence-electron chi connectivity index (χ3n) is 2.96. The van der Waals surface area contributed by atoms with Crippen molar-refractivity contribution in [2.45, 2.75) is 25.4 Å². The molecule has 0 saturated carbocycles. The zero-order valence-corrected chi connectivity index (χ0v) is 10.5. The van der Waals surface area contributed by atoms with Crippen molar-refractivity contribution < 1.29 is 4.42 Å². The number of hydrogen-bond donors (Lipinski definition) is 2. The summed E-state index contributed by atoms with van der Waals surface area (Å²) in [5.41, 5.74) is 8.58. The van der Waals surface area contributed by atoms with Crippen molar-refractivity contribution in [3.63, 3.8) is 0 Å². The first-order valence-electron chi connectivity index (χ1n) is 6.36. The maximum absolute atomic E-state index is 6.08. The SMILES string of the molecule is N[C@@H](CCc1ccccc1)CNCc1ccoc1. The van der Waals surface area contributed by atoms with E-state index in [0.29, 0.717) is 0 Å². The van der Waals surface area contributed by atoms with E-state index in [1.807, 2.05) is 12.1 Å². The largest absolute Gasteiger partial charge is 0.472 e. The molecule has 3 N–H and O–H groups in total. The molecule has 1 aromatic carbocycles. The van der Waals surface area contributed by atoms with Crippen molar-refractivity contribution in [3.8, 4) is 0 Å². The molecule has 0 radical (unpaired) electrons. The summed E-state index contributed by atoms with van der Waals surface area (Å²) in [6.45, 7) is 1.65. The second kappa shape index (κ2) is 6.99. The molecule has 0 unspecified atom stereocenters. The average molecular weight is 244 g/mol. The fourth-order valence-electron chi connectivity index (χ4n) is 1.89. The number of nitrogens with two attached hydrogens (primary N) is 1. The van der Waals surface area contributed by atoms with Gasteiger partial charge in [-0.3, -0.25) is 0 Å². The molecular formula is C15H20N2O. The smallest absolute Gasteiger partial charge is 0.0947 e. The zero-order chi connectivity index (χ0) is 12.6. The fourth-order valence-corrected chi connectivity index (χ4v) is 1.89. The van der Waals surface area contributed by atoms with E-state index < -0.39 is 0 Å². The summed E-state index contributed by atoms with van der Waals surface area (Å²) in [6.07, 6.45) is 5.48. The van der Waals surface area contributed by atoms with Gasteiger partial charge in [-0.25, -0.2) is 0 Å². The molecule has 1 heterocycles. The third kappa shape index (κ3) is 4.35. The van der Waals surface area contributed by atoms with E-state index in [0.717, 1.165) is 31.5 Å². The monoisotopic (exact) mass is 244 g/mol. The molecule has 1 aromatic heterocycles. The lowest BCUT2D eigenvalue weighted by Gasteiger charge is -2.12. The predicted molar refractivity (Wildman–Crippen MR) is 73.2 cm³/mol. The van der Waals surface area contributed by atoms with Crippen LogP contribution in [0, 0.1) is 0 Å². The third-order valence-corrected chi connectivity index (χ3v) is 2.96. The molecule has 0 aliphatic heterocycles. The van der Waals surface area contributed by atoms with Crippen molar-refractivity contribution >= 4 is 0 Å². The highest BCUT2D eigenvalue weighted by Gasteiger charge is 2.03. The molecule has 1 atom stereocenters. The second-order valence-corrected chi connectivity index (χ2v) is 4.55. The van der Waals surface area contributed by atoms with Crippen LogP contribution in [0.25, 0.3) is 0 Å². The van der Waals surface area contributed by atoms with Crippen LogP contribution in [0.5, 0.6) is 0 Å². The van der Waals surface area contributed by atoms with Gasteiger partial charge in [0.2, 0.25) is 0 Å². The molecular weight excluding hydrogens is 224 g/mol. The van der Waals surface area contributed by atoms with Gasteiger partial charge in [0.15, 0.2) is 0 Å². The molecule has 0 fully saturated rings. The summed E-state index contributed by atoms with van der Waals surface area (Å²) in [7, 11) is 0. The van der Waals surface area contributed by atoms with E-state index in [1.54, 1.807) is 12.5 Å². The van der Waals surface area contributed by atoms with E-state index in [-0.39, 0.29) is 6.04 Å². The summed E-state index contributed by atoms with van der Waals surface area (Å²) in [5.74, 6) is 0. The Hall–Kier alpha value is -1.58. The van der Waals surface area contributed by atoms with E-state index >= 15 is 0 Å². The van der Waals surface area contributed by atoms with Gasteiger partial charge in [0, 0.05) is 24.7 Å². The van der Waals surface area contributed by atoms with Gasteiger partial charge >= 0.3 is 0 Å². The molecule has 0 aliphatic carbocycles. The Morgan fingerprint density at radius 3 is 2.67 bits per heavy atom. The van der Waals surface area contributed by atoms with E-state index in [1.165, 1.54) is 5.56 Å². The quantitative estimate of drug-likeness (QED) is 0.786. The average Bonchev–Trinajstić information content (AvgIpc) is 2.91. The lowest BCUT2D eigenvalue weighted by Crippen LogP contribution is -2.33. The lowest BCUT2D eigenvalue weighted by molar-refractivity contribution is 0.535. The van der Waals surface area contributed by atoms with Gasteiger partial charge < -0.3 is 15.5 Å². The van der Waals surface area contributed by atoms with Crippen molar-refractivity contribution in [2.24, 2.45) is 5.73 Å². The predicted octanol–water partition coefficient (Wildman–Crippen LogP) is 2.33. The minimum Gasteiger partial charge on any atom is -0.472 e. The van der Waals surface area contributed by atoms with Gasteiger partial charge in [-0.1, -0.05) is 30.3 Å². The first-order chi connectivity index (χ1) is 8.84. The number of furan rings is 1. The van der Waals surface area contributed by atoms with Gasteiger partial charge in [-0.2, -0.15) is 0 Å². The van der Waals surface area contributed by atoms with Crippen LogP contribution in [0.2, 0.25) is 0 Å². The summed E-state index contributed by atoms with van der Waals surface area (Å²) in [4.78, 5) is 0. The molecule has 2 rings (SSSR count). The van der Waals surface area contributed by atoms with Gasteiger partial charge in [0.05, 0.1) is 12.5 Å². The van der Waals surface area contributed by atoms with Crippen molar-refractivity contribution in [1.82, 2.24) is 5.32 Å². The molecule has 3 heteroatoms. The normalized spacial score (nSPS) is 12.5. The Morgan fingerprint density at radius 2 is 1.94 bits per heavy atom. The standard InChI is InChI=1S/C15H20N2O/c16-15(7-6-13-4-2-1-3-5-13)11-17-10-14-8-9-18-12-14/h1-5,8-9,12,15,17H,6-7,10-11,16H2/t15-/m0/s1. The summed E-state index contributed by atoms with van der Waals surface area (Å²) in [6, 6.07) is 12.6. The van der Waals surface area contributed by atoms with Crippen LogP contribution in [-0.2, 0) is 13.0 Å². The fraction of sp³-hybridized carbons (Fsp3) is 0.333. The minimum atomic E-state index is 0.192. The molecule has 18 heavy (non-hydrogen) atoms. The van der Waals surface area contributed by atoms with Crippen LogP contribution >= 0.6 is 0 Å². The molecule has 0 amide bonds. The Balaban J connectivity index is 1.62. The zero-order valence-electron chi connectivity index (χ0n) is 10.5. The highest BCUT2D eigenvalue weighted by Crippen LogP contribution is 2.04. The highest BCUT2D eigenvalue weighted by atomic mass is 16.3. The van der Waals surface area contributed by atoms with Crippen LogP contribution < -0.4 is 11.1 Å². The Kier molecular flexibility index (Phi) is 5.00. The van der Waals surface area contributed by atoms with Crippen molar-refractivity contribution in [3.05, 3.63) is 60.1 Å². The minimum absolute atomic E-state index is 0.192. The molecule has 0 saturated heterocycles. The summed E-state index contributed by atoms with van der Waals surface area (Å²) >= 11 is 0. The van der Waals surface area contributed by atoms with E-state index in [4.69, 9.17) is 10.2 Å². The van der Waals surface area contributed by atoms with Crippen molar-refractivity contribution in [2.75, 3.05) is 6.54 Å². The number of nitrogens with one attached hydrogen (secondary N) is 1. The Bertz CT molecular complexity index is 425. The van der Waals surface area contributed by atoms with Crippen LogP contribution in [0.1, 0.15) is 17.5 Å². The van der Waals surface area contributed by atoms with Crippen LogP contribution in [0.4, 0.5) is 0 Å². The van der Waals surface area contributed by atoms with E-state index in [9.17, 15) is 0 Å². The number of aryl methyl sites for hydroxylation is 1. The van der Waals surface area contributed by atoms with Crippen LogP contribution in [0.3, 0.4) is 0 Å². The van der Waals surface area contributed by atoms with Crippen LogP contribution in [-0.4, -0.2) is 12.6 Å². The molecule has 96 valence electrons. The summed E-state index contributed by atoms with van der Waals surface area (Å²) in [5, 5.41) is 3.34. The van der Waals surface area contributed by atoms with Gasteiger partial charge in [-0.05, 0) is 24.5 Å². The van der Waals surface area contributed by atoms with E-state index in [2.05, 4.69) is 29.6 Å². The maximum atomic E-state index is 6.08. The van der Waals surface area contributed by atoms with Gasteiger partial charge in [0.25, 0.3) is 0 Å². The highest BCUT2D eigenvalue weighted by molar-refractivity contribution is 5.14. The lowest BCUT2D eigenvalue weighted by atomic mass is 10.1. The number of benzene rings is 1. The molecule has 0 spiro atoms. The van der Waals surface area contributed by atoms with Gasteiger partial charge in [-0.15, -0.1) is 0 Å². The maximum Gasteiger partial charge on any atom is 0.0947 e. The molecule has 0 bridgehead atoms. The van der Waals surface area contributed by atoms with Crippen LogP contribution in [0.15, 0.2) is 53.3 Å². The number of hydrogen-bond acceptors (Lipinski definition) is 3. The summed E-state index contributed by atoms with van der Waals surface area (Å²) < 4.78 is 5.01. The topological polar surface area (TPSA) is 51.2 Å². The molecule has 0 aliphatic rings. The van der Waals surface area contributed by atoms with Gasteiger partial charge in [0.1, 0.15) is 0 Å². The second-order valence-electron chi connectivity index (χ2n) is 4.55. The Labute approximate surface area is 108 Å². The Morgan fingerprint density at radius 1 is 1.11 bits per heavy atom. The molecule has 3 nitrogen and oxygen atoms in total. The van der Waals surface area contributed by atoms with Crippen molar-refractivity contribution in [1.29, 1.82) is 0 Å². The first-order valence-corrected chi connectivity index (χ1v) is 6.36.